The molecule has 194 valence electrons. The molecule has 0 amide bonds. The van der Waals surface area contributed by atoms with Crippen LogP contribution in [0.4, 0.5) is 49.1 Å². The minimum Gasteiger partial charge on any atom is -0.399 e. The molecule has 2 aromatic rings. The summed E-state index contributed by atoms with van der Waals surface area (Å²) in [7, 11) is 0. The largest absolute Gasteiger partial charge is 0.417 e. The highest BCUT2D eigenvalue weighted by Crippen LogP contribution is 2.51. The Bertz CT molecular complexity index is 1240. The fourth-order valence-electron chi connectivity index (χ4n) is 3.76. The summed E-state index contributed by atoms with van der Waals surface area (Å²) in [5.74, 6) is -0.912. The first-order valence-corrected chi connectivity index (χ1v) is 10.2. The van der Waals surface area contributed by atoms with Gasteiger partial charge in [-0.05, 0) is 43.6 Å². The standard InChI is InChI=1S/C10H7F3N2O4.C10H9F3N2O2/c11-10(12,13)7-3-6(14(16)17)4-8(15(18)19)9(7)5-1-2-5;11-10(12,13)7-3-6(14)4-8(15(16)17)9(7)5-1-2-5/h3-5H,1-2H2;3-5H,1-2,14H2. The highest BCUT2D eigenvalue weighted by molar-refractivity contribution is 5.60. The number of nitro benzene ring substituents is 3. The number of halogens is 6. The van der Waals surface area contributed by atoms with E-state index < -0.39 is 66.8 Å². The maximum Gasteiger partial charge on any atom is 0.417 e. The number of benzene rings is 2. The van der Waals surface area contributed by atoms with Crippen molar-refractivity contribution in [3.63, 3.8) is 0 Å². The van der Waals surface area contributed by atoms with E-state index in [0.29, 0.717) is 37.8 Å². The summed E-state index contributed by atoms with van der Waals surface area (Å²) in [6, 6.07) is 2.70. The molecule has 4 rings (SSSR count). The molecular formula is C20H16F6N4O6. The molecule has 2 N–H and O–H groups in total. The van der Waals surface area contributed by atoms with Crippen molar-refractivity contribution in [3.05, 3.63) is 76.9 Å². The molecule has 2 aliphatic carbocycles. The first-order valence-electron chi connectivity index (χ1n) is 10.2. The van der Waals surface area contributed by atoms with Crippen molar-refractivity contribution < 1.29 is 41.1 Å². The minimum absolute atomic E-state index is 0.225. The smallest absolute Gasteiger partial charge is 0.399 e. The second kappa shape index (κ2) is 9.23. The molecule has 36 heavy (non-hydrogen) atoms. The Morgan fingerprint density at radius 3 is 1.39 bits per heavy atom. The number of hydrogen-bond acceptors (Lipinski definition) is 7. The zero-order valence-electron chi connectivity index (χ0n) is 17.9. The molecule has 0 aromatic heterocycles. The van der Waals surface area contributed by atoms with Crippen molar-refractivity contribution >= 4 is 22.7 Å². The number of nitro groups is 3. The van der Waals surface area contributed by atoms with Gasteiger partial charge in [-0.25, -0.2) is 0 Å². The first kappa shape index (κ1) is 26.6. The van der Waals surface area contributed by atoms with Gasteiger partial charge in [-0.2, -0.15) is 26.3 Å². The summed E-state index contributed by atoms with van der Waals surface area (Å²) in [4.78, 5) is 29.3. The van der Waals surface area contributed by atoms with Gasteiger partial charge in [-0.1, -0.05) is 0 Å². The Labute approximate surface area is 197 Å². The van der Waals surface area contributed by atoms with Gasteiger partial charge in [-0.3, -0.25) is 30.3 Å². The summed E-state index contributed by atoms with van der Waals surface area (Å²) >= 11 is 0. The summed E-state index contributed by atoms with van der Waals surface area (Å²) in [5, 5.41) is 32.2. The number of non-ortho nitro benzene ring substituents is 1. The Hall–Kier alpha value is -3.98. The van der Waals surface area contributed by atoms with Gasteiger partial charge >= 0.3 is 12.4 Å². The van der Waals surface area contributed by atoms with E-state index in [1.807, 2.05) is 0 Å². The van der Waals surface area contributed by atoms with Crippen LogP contribution < -0.4 is 5.73 Å². The van der Waals surface area contributed by atoms with Crippen molar-refractivity contribution in [1.82, 2.24) is 0 Å². The van der Waals surface area contributed by atoms with E-state index in [1.54, 1.807) is 0 Å². The van der Waals surface area contributed by atoms with Crippen molar-refractivity contribution in [2.45, 2.75) is 49.9 Å². The van der Waals surface area contributed by atoms with Crippen molar-refractivity contribution in [1.29, 1.82) is 0 Å². The van der Waals surface area contributed by atoms with Crippen LogP contribution in [-0.4, -0.2) is 14.8 Å². The Morgan fingerprint density at radius 1 is 0.667 bits per heavy atom. The Kier molecular flexibility index (Phi) is 6.83. The molecule has 0 unspecified atom stereocenters. The normalized spacial score (nSPS) is 15.6. The third-order valence-corrected chi connectivity index (χ3v) is 5.51. The monoisotopic (exact) mass is 522 g/mol. The maximum absolute atomic E-state index is 12.9. The number of alkyl halides is 6. The predicted molar refractivity (Wildman–Crippen MR) is 111 cm³/mol. The minimum atomic E-state index is -4.85. The fourth-order valence-corrected chi connectivity index (χ4v) is 3.76. The molecular weight excluding hydrogens is 506 g/mol. The molecule has 0 bridgehead atoms. The lowest BCUT2D eigenvalue weighted by Crippen LogP contribution is -2.11. The van der Waals surface area contributed by atoms with Gasteiger partial charge in [-0.15, -0.1) is 0 Å². The fraction of sp³-hybridized carbons (Fsp3) is 0.400. The summed E-state index contributed by atoms with van der Waals surface area (Å²) in [6.45, 7) is 0. The number of anilines is 1. The summed E-state index contributed by atoms with van der Waals surface area (Å²) in [6.07, 6.45) is -7.53. The third kappa shape index (κ3) is 5.80. The van der Waals surface area contributed by atoms with E-state index in [9.17, 15) is 56.7 Å². The van der Waals surface area contributed by atoms with Crippen LogP contribution in [0.15, 0.2) is 24.3 Å². The van der Waals surface area contributed by atoms with Gasteiger partial charge in [0.25, 0.3) is 17.1 Å². The lowest BCUT2D eigenvalue weighted by Gasteiger charge is -2.13. The molecule has 0 spiro atoms. The van der Waals surface area contributed by atoms with Crippen LogP contribution >= 0.6 is 0 Å². The molecule has 16 heteroatoms. The van der Waals surface area contributed by atoms with Gasteiger partial charge < -0.3 is 5.73 Å². The lowest BCUT2D eigenvalue weighted by molar-refractivity contribution is -0.395. The summed E-state index contributed by atoms with van der Waals surface area (Å²) in [5.41, 5.74) is -0.177. The SMILES string of the molecule is Nc1cc([N+](=O)[O-])c(C2CC2)c(C(F)(F)F)c1.O=[N+]([O-])c1cc([N+](=O)[O-])c(C2CC2)c(C(F)(F)F)c1. The number of nitrogens with zero attached hydrogens (tertiary/aromatic N) is 3. The van der Waals surface area contributed by atoms with E-state index in [1.165, 1.54) is 0 Å². The summed E-state index contributed by atoms with van der Waals surface area (Å²) < 4.78 is 77.0. The van der Waals surface area contributed by atoms with Crippen LogP contribution in [0.1, 0.15) is 59.8 Å². The van der Waals surface area contributed by atoms with E-state index >= 15 is 0 Å². The van der Waals surface area contributed by atoms with Gasteiger partial charge in [0.2, 0.25) is 0 Å². The average Bonchev–Trinajstić information content (AvgIpc) is 3.65. The van der Waals surface area contributed by atoms with Gasteiger partial charge in [0.05, 0.1) is 32.0 Å². The van der Waals surface area contributed by atoms with Crippen LogP contribution in [0.25, 0.3) is 0 Å². The molecule has 0 atom stereocenters. The number of nitrogen functional groups attached to an aromatic ring is 1. The lowest BCUT2D eigenvalue weighted by atomic mass is 9.99. The molecule has 0 saturated heterocycles. The van der Waals surface area contributed by atoms with E-state index in [-0.39, 0.29) is 17.2 Å². The number of hydrogen-bond donors (Lipinski definition) is 1. The molecule has 2 aromatic carbocycles. The van der Waals surface area contributed by atoms with Crippen molar-refractivity contribution in [3.8, 4) is 0 Å². The quantitative estimate of drug-likeness (QED) is 0.204. The van der Waals surface area contributed by atoms with Gasteiger partial charge in [0, 0.05) is 28.9 Å². The third-order valence-electron chi connectivity index (χ3n) is 5.51. The van der Waals surface area contributed by atoms with E-state index in [4.69, 9.17) is 5.73 Å². The van der Waals surface area contributed by atoms with Crippen LogP contribution in [0, 0.1) is 30.3 Å². The Morgan fingerprint density at radius 2 is 1.06 bits per heavy atom. The van der Waals surface area contributed by atoms with Crippen LogP contribution in [-0.2, 0) is 12.4 Å². The number of rotatable bonds is 5. The first-order chi connectivity index (χ1) is 16.5. The topological polar surface area (TPSA) is 155 Å². The van der Waals surface area contributed by atoms with E-state index in [2.05, 4.69) is 0 Å². The second-order valence-corrected chi connectivity index (χ2v) is 8.24. The Balaban J connectivity index is 0.000000202. The molecule has 10 nitrogen and oxygen atoms in total. The number of nitrogens with two attached hydrogens (primary N) is 1. The predicted octanol–water partition coefficient (Wildman–Crippen LogP) is 6.47. The molecule has 2 saturated carbocycles. The van der Waals surface area contributed by atoms with E-state index in [0.717, 1.165) is 12.1 Å². The molecule has 0 aliphatic heterocycles. The zero-order valence-corrected chi connectivity index (χ0v) is 17.9. The van der Waals surface area contributed by atoms with Crippen molar-refractivity contribution in [2.75, 3.05) is 5.73 Å². The van der Waals surface area contributed by atoms with Crippen LogP contribution in [0.2, 0.25) is 0 Å². The van der Waals surface area contributed by atoms with Gasteiger partial charge in [0.15, 0.2) is 0 Å². The van der Waals surface area contributed by atoms with Crippen LogP contribution in [0.3, 0.4) is 0 Å². The zero-order chi connectivity index (χ0) is 27.2. The second-order valence-electron chi connectivity index (χ2n) is 8.24. The highest BCUT2D eigenvalue weighted by atomic mass is 19.4. The highest BCUT2D eigenvalue weighted by Gasteiger charge is 2.45. The molecule has 2 fully saturated rings. The molecule has 2 aliphatic rings. The average molecular weight is 522 g/mol. The van der Waals surface area contributed by atoms with Gasteiger partial charge in [0.1, 0.15) is 0 Å². The van der Waals surface area contributed by atoms with Crippen molar-refractivity contribution in [2.24, 2.45) is 0 Å². The molecule has 0 radical (unpaired) electrons. The van der Waals surface area contributed by atoms with Crippen LogP contribution in [0.5, 0.6) is 0 Å². The maximum atomic E-state index is 12.9. The molecule has 0 heterocycles.